The summed E-state index contributed by atoms with van der Waals surface area (Å²) in [7, 11) is 0. The van der Waals surface area contributed by atoms with E-state index in [1.54, 1.807) is 16.2 Å². The number of anilines is 1. The van der Waals surface area contributed by atoms with Gasteiger partial charge in [0.2, 0.25) is 11.8 Å². The fourth-order valence-corrected chi connectivity index (χ4v) is 4.52. The van der Waals surface area contributed by atoms with Crippen LogP contribution >= 0.6 is 39.0 Å². The van der Waals surface area contributed by atoms with E-state index in [1.165, 1.54) is 11.8 Å². The Balaban J connectivity index is 1.64. The summed E-state index contributed by atoms with van der Waals surface area (Å²) in [5, 5.41) is 2.86. The fourth-order valence-electron chi connectivity index (χ4n) is 2.16. The first-order chi connectivity index (χ1) is 10.6. The summed E-state index contributed by atoms with van der Waals surface area (Å²) >= 11 is 6.49. The summed E-state index contributed by atoms with van der Waals surface area (Å²) < 4.78 is 1.04. The van der Waals surface area contributed by atoms with Gasteiger partial charge < -0.3 is 10.2 Å². The van der Waals surface area contributed by atoms with Crippen molar-refractivity contribution in [2.75, 3.05) is 17.2 Å². The predicted molar refractivity (Wildman–Crippen MR) is 93.4 cm³/mol. The maximum atomic E-state index is 12.1. The number of benzene rings is 1. The highest BCUT2D eigenvalue weighted by Gasteiger charge is 2.26. The van der Waals surface area contributed by atoms with Crippen LogP contribution < -0.4 is 10.2 Å². The number of rotatable bonds is 4. The monoisotopic (exact) mass is 396 g/mol. The van der Waals surface area contributed by atoms with Crippen LogP contribution in [0.4, 0.5) is 5.69 Å². The van der Waals surface area contributed by atoms with Crippen LogP contribution in [0.25, 0.3) is 0 Å². The average Bonchev–Trinajstić information content (AvgIpc) is 2.94. The molecule has 0 unspecified atom stereocenters. The van der Waals surface area contributed by atoms with Gasteiger partial charge in [0, 0.05) is 9.77 Å². The van der Waals surface area contributed by atoms with Crippen molar-refractivity contribution in [3.63, 3.8) is 0 Å². The molecule has 0 saturated heterocycles. The smallest absolute Gasteiger partial charge is 0.240 e. The highest BCUT2D eigenvalue weighted by atomic mass is 79.9. The molecule has 0 radical (unpaired) electrons. The van der Waals surface area contributed by atoms with Crippen molar-refractivity contribution in [3.8, 4) is 0 Å². The van der Waals surface area contributed by atoms with E-state index in [0.29, 0.717) is 12.3 Å². The number of halogens is 1. The van der Waals surface area contributed by atoms with Gasteiger partial charge in [-0.1, -0.05) is 12.1 Å². The first kappa shape index (κ1) is 15.6. The van der Waals surface area contributed by atoms with Crippen LogP contribution in [-0.4, -0.2) is 24.1 Å². The molecule has 1 aromatic carbocycles. The fraction of sp³-hybridized carbons (Fsp3) is 0.200. The molecule has 1 N–H and O–H groups in total. The topological polar surface area (TPSA) is 49.4 Å². The molecule has 0 bridgehead atoms. The third-order valence-electron chi connectivity index (χ3n) is 3.20. The van der Waals surface area contributed by atoms with Crippen LogP contribution in [0.2, 0.25) is 0 Å². The summed E-state index contributed by atoms with van der Waals surface area (Å²) in [6.07, 6.45) is 0. The van der Waals surface area contributed by atoms with Crippen LogP contribution in [0.1, 0.15) is 4.88 Å². The summed E-state index contributed by atoms with van der Waals surface area (Å²) in [4.78, 5) is 27.9. The first-order valence-corrected chi connectivity index (χ1v) is 9.26. The van der Waals surface area contributed by atoms with Crippen molar-refractivity contribution in [1.82, 2.24) is 5.32 Å². The minimum Gasteiger partial charge on any atom is -0.350 e. The summed E-state index contributed by atoms with van der Waals surface area (Å²) in [6, 6.07) is 11.6. The van der Waals surface area contributed by atoms with Crippen LogP contribution in [-0.2, 0) is 16.1 Å². The van der Waals surface area contributed by atoms with Gasteiger partial charge in [-0.05, 0) is 40.2 Å². The van der Waals surface area contributed by atoms with Crippen LogP contribution in [0.15, 0.2) is 45.1 Å². The van der Waals surface area contributed by atoms with E-state index in [2.05, 4.69) is 21.2 Å². The maximum Gasteiger partial charge on any atom is 0.240 e. The number of thioether (sulfide) groups is 1. The third-order valence-corrected chi connectivity index (χ3v) is 5.87. The van der Waals surface area contributed by atoms with E-state index >= 15 is 0 Å². The van der Waals surface area contributed by atoms with Crippen molar-refractivity contribution < 1.29 is 9.59 Å². The van der Waals surface area contributed by atoms with Gasteiger partial charge in [0.05, 0.1) is 21.8 Å². The molecule has 7 heteroatoms. The second-order valence-corrected chi connectivity index (χ2v) is 8.28. The quantitative estimate of drug-likeness (QED) is 0.862. The number of hydrogen-bond acceptors (Lipinski definition) is 4. The maximum absolute atomic E-state index is 12.1. The van der Waals surface area contributed by atoms with Gasteiger partial charge in [0.1, 0.15) is 6.54 Å². The third kappa shape index (κ3) is 3.53. The Kier molecular flexibility index (Phi) is 4.85. The molecule has 2 heterocycles. The minimum absolute atomic E-state index is 0.0299. The number of para-hydroxylation sites is 1. The molecule has 1 aromatic heterocycles. The lowest BCUT2D eigenvalue weighted by atomic mass is 10.2. The average molecular weight is 397 g/mol. The zero-order valence-electron chi connectivity index (χ0n) is 11.5. The Labute approximate surface area is 145 Å². The zero-order valence-corrected chi connectivity index (χ0v) is 14.8. The van der Waals surface area contributed by atoms with Gasteiger partial charge in [-0.2, -0.15) is 0 Å². The number of fused-ring (bicyclic) bond motifs is 1. The molecule has 0 aliphatic carbocycles. The predicted octanol–water partition coefficient (Wildman–Crippen LogP) is 3.27. The van der Waals surface area contributed by atoms with Crippen molar-refractivity contribution >= 4 is 56.5 Å². The summed E-state index contributed by atoms with van der Waals surface area (Å²) in [5.74, 6) is 0.194. The lowest BCUT2D eigenvalue weighted by Gasteiger charge is -2.28. The molecule has 114 valence electrons. The normalized spacial score (nSPS) is 13.9. The number of carbonyl (C=O) groups is 2. The summed E-state index contributed by atoms with van der Waals surface area (Å²) in [5.41, 5.74) is 0.817. The van der Waals surface area contributed by atoms with Crippen LogP contribution in [0.3, 0.4) is 0 Å². The lowest BCUT2D eigenvalue weighted by Crippen LogP contribution is -2.43. The molecule has 0 atom stereocenters. The molecule has 3 rings (SSSR count). The Hall–Kier alpha value is -1.31. The van der Waals surface area contributed by atoms with Gasteiger partial charge in [-0.15, -0.1) is 23.1 Å². The van der Waals surface area contributed by atoms with E-state index in [0.717, 1.165) is 19.2 Å². The second-order valence-electron chi connectivity index (χ2n) is 4.72. The van der Waals surface area contributed by atoms with Gasteiger partial charge in [0.15, 0.2) is 0 Å². The zero-order chi connectivity index (χ0) is 15.5. The number of amides is 2. The summed E-state index contributed by atoms with van der Waals surface area (Å²) in [6.45, 7) is 0.538. The lowest BCUT2D eigenvalue weighted by molar-refractivity contribution is -0.123. The van der Waals surface area contributed by atoms with E-state index in [-0.39, 0.29) is 18.4 Å². The Morgan fingerprint density at radius 2 is 2.09 bits per heavy atom. The van der Waals surface area contributed by atoms with E-state index in [4.69, 9.17) is 0 Å². The van der Waals surface area contributed by atoms with Crippen LogP contribution in [0.5, 0.6) is 0 Å². The number of thiophene rings is 1. The van der Waals surface area contributed by atoms with Crippen molar-refractivity contribution in [3.05, 3.63) is 45.1 Å². The minimum atomic E-state index is -0.153. The molecule has 0 fully saturated rings. The molecule has 1 aliphatic rings. The Bertz CT molecular complexity index is 717. The standard InChI is InChI=1S/C15H13BrN2O2S2/c16-13-6-5-10(22-13)7-17-14(19)8-18-11-3-1-2-4-12(11)21-9-15(18)20/h1-6H,7-9H2,(H,17,19). The van der Waals surface area contributed by atoms with Gasteiger partial charge >= 0.3 is 0 Å². The number of nitrogens with one attached hydrogen (secondary N) is 1. The highest BCUT2D eigenvalue weighted by molar-refractivity contribution is 9.11. The number of nitrogens with zero attached hydrogens (tertiary/aromatic N) is 1. The Morgan fingerprint density at radius 3 is 2.86 bits per heavy atom. The van der Waals surface area contributed by atoms with Crippen LogP contribution in [0, 0.1) is 0 Å². The molecule has 22 heavy (non-hydrogen) atoms. The SMILES string of the molecule is O=C(CN1C(=O)CSc2ccccc21)NCc1ccc(Br)s1. The van der Waals surface area contributed by atoms with Gasteiger partial charge in [0.25, 0.3) is 0 Å². The molecule has 2 amide bonds. The van der Waals surface area contributed by atoms with E-state index < -0.39 is 0 Å². The molecule has 0 saturated carbocycles. The number of carbonyl (C=O) groups excluding carboxylic acids is 2. The number of hydrogen-bond donors (Lipinski definition) is 1. The highest BCUT2D eigenvalue weighted by Crippen LogP contribution is 2.34. The van der Waals surface area contributed by atoms with Crippen molar-refractivity contribution in [2.24, 2.45) is 0 Å². The largest absolute Gasteiger partial charge is 0.350 e. The van der Waals surface area contributed by atoms with Gasteiger partial charge in [-0.25, -0.2) is 0 Å². The molecule has 0 spiro atoms. The molecule has 1 aliphatic heterocycles. The second kappa shape index (κ2) is 6.85. The molecule has 4 nitrogen and oxygen atoms in total. The molecular weight excluding hydrogens is 384 g/mol. The van der Waals surface area contributed by atoms with Gasteiger partial charge in [-0.3, -0.25) is 9.59 Å². The van der Waals surface area contributed by atoms with E-state index in [9.17, 15) is 9.59 Å². The molecular formula is C15H13BrN2O2S2. The van der Waals surface area contributed by atoms with E-state index in [1.807, 2.05) is 36.4 Å². The van der Waals surface area contributed by atoms with Crippen molar-refractivity contribution in [1.29, 1.82) is 0 Å². The van der Waals surface area contributed by atoms with Crippen molar-refractivity contribution in [2.45, 2.75) is 11.4 Å². The first-order valence-electron chi connectivity index (χ1n) is 6.66. The Morgan fingerprint density at radius 1 is 1.27 bits per heavy atom. The molecule has 2 aromatic rings.